The molecule has 2 amide bonds. The van der Waals surface area contributed by atoms with Crippen molar-refractivity contribution in [3.63, 3.8) is 0 Å². The van der Waals surface area contributed by atoms with Crippen LogP contribution >= 0.6 is 0 Å². The Hall–Kier alpha value is -3.77. The van der Waals surface area contributed by atoms with Crippen molar-refractivity contribution in [3.8, 4) is 0 Å². The summed E-state index contributed by atoms with van der Waals surface area (Å²) in [5.41, 5.74) is 2.00. The molecule has 13 heteroatoms. The van der Waals surface area contributed by atoms with Gasteiger partial charge in [-0.05, 0) is 89.3 Å². The van der Waals surface area contributed by atoms with Crippen LogP contribution in [0.3, 0.4) is 0 Å². The number of hydrogen-bond donors (Lipinski definition) is 2. The number of hydrogen-bond acceptors (Lipinski definition) is 6. The van der Waals surface area contributed by atoms with Crippen LogP contribution in [0.5, 0.6) is 0 Å². The zero-order valence-electron chi connectivity index (χ0n) is 23.7. The lowest BCUT2D eigenvalue weighted by molar-refractivity contribution is 0.0624. The first-order chi connectivity index (χ1) is 17.6. The number of anilines is 2. The highest BCUT2D eigenvalue weighted by atomic mass is 20.0. The second kappa shape index (κ2) is 19.3. The molecule has 0 unspecified atom stereocenters. The zero-order valence-corrected chi connectivity index (χ0v) is 23.7. The molecule has 222 valence electrons. The minimum absolute atomic E-state index is 0. The minimum Gasteiger partial charge on any atom is -0.444 e. The van der Waals surface area contributed by atoms with E-state index >= 15 is 0 Å². The van der Waals surface area contributed by atoms with E-state index in [1.165, 1.54) is 0 Å². The van der Waals surface area contributed by atoms with Crippen LogP contribution in [0.4, 0.5) is 44.2 Å². The van der Waals surface area contributed by atoms with Gasteiger partial charge in [0.05, 0.1) is 0 Å². The molecule has 0 atom stereocenters. The average Bonchev–Trinajstić information content (AvgIpc) is 2.80. The lowest BCUT2D eigenvalue weighted by Crippen LogP contribution is -2.27. The van der Waals surface area contributed by atoms with E-state index in [0.29, 0.717) is 17.6 Å². The van der Waals surface area contributed by atoms with E-state index in [1.807, 2.05) is 60.6 Å². The third-order valence-electron chi connectivity index (χ3n) is 3.97. The van der Waals surface area contributed by atoms with E-state index in [4.69, 9.17) is 27.8 Å². The second-order valence-corrected chi connectivity index (χ2v) is 10.1. The highest BCUT2D eigenvalue weighted by Gasteiger charge is 2.17. The molecule has 2 N–H and O–H groups in total. The predicted molar refractivity (Wildman–Crippen MR) is 144 cm³/mol. The normalized spacial score (nSPS) is 10.0. The topological polar surface area (TPSA) is 102 Å². The predicted octanol–water partition coefficient (Wildman–Crippen LogP) is 8.85. The summed E-state index contributed by atoms with van der Waals surface area (Å²) in [5.74, 6) is 1.39. The molecule has 0 aliphatic carbocycles. The van der Waals surface area contributed by atoms with Gasteiger partial charge in [-0.2, -0.15) is 0 Å². The van der Waals surface area contributed by atoms with Crippen molar-refractivity contribution in [2.24, 2.45) is 0 Å². The Labute approximate surface area is 226 Å². The number of nitrogens with zero attached hydrogens (tertiary/aromatic N) is 2. The lowest BCUT2D eigenvalue weighted by Gasteiger charge is -2.19. The Balaban J connectivity index is -0.000000576. The number of rotatable bonds is 4. The molecule has 2 heterocycles. The van der Waals surface area contributed by atoms with E-state index in [2.05, 4.69) is 41.0 Å². The second-order valence-electron chi connectivity index (χ2n) is 10.1. The van der Waals surface area contributed by atoms with Gasteiger partial charge >= 0.3 is 12.2 Å². The molecule has 2 aromatic rings. The van der Waals surface area contributed by atoms with Crippen LogP contribution in [0.2, 0.25) is 0 Å². The number of nitrogens with one attached hydrogen (secondary N) is 2. The fourth-order valence-electron chi connectivity index (χ4n) is 2.36. The van der Waals surface area contributed by atoms with Crippen molar-refractivity contribution in [2.45, 2.75) is 79.4 Å². The zero-order chi connectivity index (χ0) is 30.1. The van der Waals surface area contributed by atoms with Gasteiger partial charge in [-0.3, -0.25) is 15.3 Å². The molecule has 8 nitrogen and oxygen atoms in total. The lowest BCUT2D eigenvalue weighted by atomic mass is 10.1. The molecule has 0 saturated heterocycles. The van der Waals surface area contributed by atoms with E-state index in [-0.39, 0.29) is 4.70 Å². The maximum atomic E-state index is 11.5. The monoisotopic (exact) mass is 566 g/mol. The standard InChI is InChI=1S/C13H20N2O2.C13H18N2O2.2F2.FH/c2*1-9(2)10-6-7-11(14-8-10)15-12(16)17-13(3,4)5;2*1-2;/h6-9H,1-5H3,(H,14,15,16);6-8H,1H2,2-5H3,(H,14,15,16);;;1H. The summed E-state index contributed by atoms with van der Waals surface area (Å²) in [5, 5.41) is 5.15. The Bertz CT molecular complexity index is 976. The first-order valence-electron chi connectivity index (χ1n) is 11.4. The van der Waals surface area contributed by atoms with E-state index in [0.717, 1.165) is 16.7 Å². The number of pyridine rings is 2. The van der Waals surface area contributed by atoms with Crippen molar-refractivity contribution in [3.05, 3.63) is 54.4 Å². The van der Waals surface area contributed by atoms with Gasteiger partial charge in [0.2, 0.25) is 0 Å². The van der Waals surface area contributed by atoms with Gasteiger partial charge in [-0.15, -0.1) is 0 Å². The summed E-state index contributed by atoms with van der Waals surface area (Å²) >= 11 is 0. The van der Waals surface area contributed by atoms with E-state index < -0.39 is 23.4 Å². The quantitative estimate of drug-likeness (QED) is 0.359. The van der Waals surface area contributed by atoms with Crippen LogP contribution in [0.15, 0.2) is 43.2 Å². The molecule has 0 radical (unpaired) electrons. The number of halogens is 5. The van der Waals surface area contributed by atoms with Gasteiger partial charge in [0.25, 0.3) is 0 Å². The summed E-state index contributed by atoms with van der Waals surface area (Å²) < 4.78 is 42.2. The molecule has 0 aromatic carbocycles. The number of allylic oxidation sites excluding steroid dienone is 1. The van der Waals surface area contributed by atoms with Gasteiger partial charge < -0.3 is 9.47 Å². The van der Waals surface area contributed by atoms with Crippen molar-refractivity contribution >= 4 is 29.4 Å². The first-order valence-corrected chi connectivity index (χ1v) is 11.4. The third-order valence-corrected chi connectivity index (χ3v) is 3.97. The Morgan fingerprint density at radius 2 is 1.18 bits per heavy atom. The van der Waals surface area contributed by atoms with Crippen LogP contribution in [-0.2, 0) is 9.47 Å². The molecule has 0 saturated carbocycles. The number of carbonyl (C=O) groups is 2. The number of aromatic nitrogens is 2. The molecule has 0 aliphatic rings. The molecular weight excluding hydrogens is 527 g/mol. The highest BCUT2D eigenvalue weighted by Crippen LogP contribution is 2.16. The summed E-state index contributed by atoms with van der Waals surface area (Å²) in [4.78, 5) is 31.2. The van der Waals surface area contributed by atoms with Crippen LogP contribution in [0.1, 0.15) is 79.4 Å². The summed E-state index contributed by atoms with van der Waals surface area (Å²) in [6.45, 7) is 20.8. The Morgan fingerprint density at radius 3 is 1.44 bits per heavy atom. The number of ether oxygens (including phenoxy) is 2. The SMILES string of the molecule is C=C(C)c1ccc(NC(=O)OC(C)(C)C)nc1.CC(C)c1ccc(NC(=O)OC(C)(C)C)nc1.F.FF.FF. The Morgan fingerprint density at radius 1 is 0.795 bits per heavy atom. The van der Waals surface area contributed by atoms with Crippen LogP contribution < -0.4 is 10.6 Å². The van der Waals surface area contributed by atoms with E-state index in [1.54, 1.807) is 24.5 Å². The van der Waals surface area contributed by atoms with Gasteiger partial charge in [0.15, 0.2) is 0 Å². The molecule has 2 rings (SSSR count). The highest BCUT2D eigenvalue weighted by molar-refractivity contribution is 5.84. The van der Waals surface area contributed by atoms with Crippen LogP contribution in [-0.4, -0.2) is 33.4 Å². The molecule has 2 aromatic heterocycles. The first kappa shape index (κ1) is 39.7. The van der Waals surface area contributed by atoms with Gasteiger partial charge in [-0.25, -0.2) is 19.6 Å². The maximum Gasteiger partial charge on any atom is 0.413 e. The third kappa shape index (κ3) is 19.9. The van der Waals surface area contributed by atoms with Gasteiger partial charge in [0.1, 0.15) is 22.8 Å². The molecule has 0 spiro atoms. The van der Waals surface area contributed by atoms with Crippen LogP contribution in [0, 0.1) is 0 Å². The number of carbonyl (C=O) groups excluding carboxylic acids is 2. The summed E-state index contributed by atoms with van der Waals surface area (Å²) in [6.07, 6.45) is 2.43. The molecular formula is C26H39F5N4O4. The molecule has 0 bridgehead atoms. The van der Waals surface area contributed by atoms with Crippen LogP contribution in [0.25, 0.3) is 5.57 Å². The van der Waals surface area contributed by atoms with Gasteiger partial charge in [0, 0.05) is 30.7 Å². The van der Waals surface area contributed by atoms with Crippen molar-refractivity contribution in [2.75, 3.05) is 10.6 Å². The fraction of sp³-hybridized carbons (Fsp3) is 0.462. The smallest absolute Gasteiger partial charge is 0.413 e. The number of amides is 2. The largest absolute Gasteiger partial charge is 0.444 e. The fourth-order valence-corrected chi connectivity index (χ4v) is 2.36. The van der Waals surface area contributed by atoms with E-state index in [9.17, 15) is 9.59 Å². The van der Waals surface area contributed by atoms with Crippen molar-refractivity contribution < 1.29 is 42.1 Å². The molecule has 39 heavy (non-hydrogen) atoms. The van der Waals surface area contributed by atoms with Crippen molar-refractivity contribution in [1.29, 1.82) is 0 Å². The summed E-state index contributed by atoms with van der Waals surface area (Å²) in [6, 6.07) is 7.29. The average molecular weight is 567 g/mol. The molecule has 0 fully saturated rings. The Kier molecular flexibility index (Phi) is 19.7. The summed E-state index contributed by atoms with van der Waals surface area (Å²) in [7, 11) is 0. The molecule has 0 aliphatic heterocycles. The van der Waals surface area contributed by atoms with Crippen molar-refractivity contribution in [1.82, 2.24) is 9.97 Å². The maximum absolute atomic E-state index is 11.5. The minimum atomic E-state index is -0.512. The van der Waals surface area contributed by atoms with Gasteiger partial charge in [-0.1, -0.05) is 26.5 Å².